The second-order valence-corrected chi connectivity index (χ2v) is 7.03. The molecule has 0 fully saturated rings. The topological polar surface area (TPSA) is 99.2 Å². The Bertz CT molecular complexity index is 958. The van der Waals surface area contributed by atoms with Gasteiger partial charge in [0, 0.05) is 0 Å². The summed E-state index contributed by atoms with van der Waals surface area (Å²) in [4.78, 5) is 7.71. The lowest BCUT2D eigenvalue weighted by Gasteiger charge is -2.05. The van der Waals surface area contributed by atoms with Crippen LogP contribution in [0.1, 0.15) is 12.5 Å². The lowest BCUT2D eigenvalue weighted by Crippen LogP contribution is -2.18. The number of imidazole rings is 1. The highest BCUT2D eigenvalue weighted by molar-refractivity contribution is 7.89. The molecule has 3 N–H and O–H groups in total. The van der Waals surface area contributed by atoms with Crippen molar-refractivity contribution >= 4 is 32.7 Å². The molecule has 0 aliphatic heterocycles. The van der Waals surface area contributed by atoms with Crippen LogP contribution in [0.5, 0.6) is 0 Å². The smallest absolute Gasteiger partial charge is 0.240 e. The van der Waals surface area contributed by atoms with Gasteiger partial charge in [0.25, 0.3) is 0 Å². The quantitative estimate of drug-likeness (QED) is 0.489. The predicted octanol–water partition coefficient (Wildman–Crippen LogP) is 2.31. The molecule has 0 aliphatic rings. The Balaban J connectivity index is 1.78. The number of anilines is 1. The van der Waals surface area contributed by atoms with Crippen LogP contribution < -0.4 is 10.1 Å². The van der Waals surface area contributed by atoms with Crippen LogP contribution in [-0.2, 0) is 10.0 Å². The first-order valence-electron chi connectivity index (χ1n) is 7.28. The summed E-state index contributed by atoms with van der Waals surface area (Å²) in [6.45, 7) is 1.83. The van der Waals surface area contributed by atoms with Gasteiger partial charge in [0.2, 0.25) is 16.0 Å². The van der Waals surface area contributed by atoms with E-state index in [-0.39, 0.29) is 4.90 Å². The van der Waals surface area contributed by atoms with Gasteiger partial charge in [-0.15, -0.1) is 0 Å². The van der Waals surface area contributed by atoms with Crippen LogP contribution in [0, 0.1) is 0 Å². The van der Waals surface area contributed by atoms with Crippen molar-refractivity contribution in [2.45, 2.75) is 11.8 Å². The van der Waals surface area contributed by atoms with E-state index in [9.17, 15) is 8.42 Å². The van der Waals surface area contributed by atoms with Gasteiger partial charge in [-0.25, -0.2) is 23.5 Å². The standard InChI is InChI=1S/C16H17N5O2S/c1-11(12-7-9-13(10-8-12)24(22,23)17-2)20-21-16-18-14-5-3-4-6-15(14)19-16/h3-10,17H,1-2H3,(H2,18,19,21)/b20-11-. The Hall–Kier alpha value is -2.71. The third-order valence-corrected chi connectivity index (χ3v) is 5.00. The van der Waals surface area contributed by atoms with Crippen molar-refractivity contribution in [1.82, 2.24) is 14.7 Å². The number of hydrogen-bond acceptors (Lipinski definition) is 5. The molecule has 8 heteroatoms. The first-order chi connectivity index (χ1) is 11.5. The lowest BCUT2D eigenvalue weighted by atomic mass is 10.1. The number of hydrogen-bond donors (Lipinski definition) is 3. The maximum atomic E-state index is 11.7. The van der Waals surface area contributed by atoms with E-state index >= 15 is 0 Å². The normalized spacial score (nSPS) is 12.5. The van der Waals surface area contributed by atoms with Crippen molar-refractivity contribution in [3.8, 4) is 0 Å². The third kappa shape index (κ3) is 3.29. The monoisotopic (exact) mass is 343 g/mol. The molecular weight excluding hydrogens is 326 g/mol. The van der Waals surface area contributed by atoms with Crippen LogP contribution >= 0.6 is 0 Å². The SMILES string of the molecule is CNS(=O)(=O)c1ccc(/C(C)=N\Nc2nc3ccccc3[nH]2)cc1. The number of nitrogens with one attached hydrogen (secondary N) is 3. The molecule has 0 aliphatic carbocycles. The highest BCUT2D eigenvalue weighted by Gasteiger charge is 2.11. The van der Waals surface area contributed by atoms with Crippen molar-refractivity contribution < 1.29 is 8.42 Å². The van der Waals surface area contributed by atoms with Crippen LogP contribution in [0.4, 0.5) is 5.95 Å². The first kappa shape index (κ1) is 16.2. The number of para-hydroxylation sites is 2. The average molecular weight is 343 g/mol. The summed E-state index contributed by atoms with van der Waals surface area (Å²) in [5.41, 5.74) is 6.19. The van der Waals surface area contributed by atoms with Gasteiger partial charge in [-0.1, -0.05) is 24.3 Å². The minimum Gasteiger partial charge on any atom is -0.323 e. The molecule has 0 unspecified atom stereocenters. The Labute approximate surface area is 139 Å². The number of nitrogens with zero attached hydrogens (tertiary/aromatic N) is 2. The maximum Gasteiger partial charge on any atom is 0.240 e. The minimum atomic E-state index is -3.43. The maximum absolute atomic E-state index is 11.7. The molecule has 24 heavy (non-hydrogen) atoms. The molecule has 2 aromatic carbocycles. The molecule has 1 heterocycles. The van der Waals surface area contributed by atoms with Gasteiger partial charge in [0.1, 0.15) is 0 Å². The van der Waals surface area contributed by atoms with Gasteiger partial charge < -0.3 is 4.98 Å². The van der Waals surface area contributed by atoms with Crippen molar-refractivity contribution in [2.75, 3.05) is 12.5 Å². The van der Waals surface area contributed by atoms with Gasteiger partial charge in [-0.2, -0.15) is 5.10 Å². The second-order valence-electron chi connectivity index (χ2n) is 5.14. The number of H-pyrrole nitrogens is 1. The highest BCUT2D eigenvalue weighted by atomic mass is 32.2. The molecule has 0 spiro atoms. The van der Waals surface area contributed by atoms with Crippen molar-refractivity contribution in [3.63, 3.8) is 0 Å². The van der Waals surface area contributed by atoms with E-state index < -0.39 is 10.0 Å². The summed E-state index contributed by atoms with van der Waals surface area (Å²) in [5.74, 6) is 0.546. The number of sulfonamides is 1. The Morgan fingerprint density at radius 2 is 1.83 bits per heavy atom. The van der Waals surface area contributed by atoms with E-state index in [0.717, 1.165) is 16.6 Å². The Morgan fingerprint density at radius 3 is 2.50 bits per heavy atom. The van der Waals surface area contributed by atoms with Gasteiger partial charge in [-0.05, 0) is 43.8 Å². The third-order valence-electron chi connectivity index (χ3n) is 3.57. The van der Waals surface area contributed by atoms with E-state index in [2.05, 4.69) is 25.2 Å². The molecule has 3 aromatic rings. The largest absolute Gasteiger partial charge is 0.323 e. The molecule has 0 saturated carbocycles. The zero-order chi connectivity index (χ0) is 17.2. The number of hydrazone groups is 1. The first-order valence-corrected chi connectivity index (χ1v) is 8.77. The van der Waals surface area contributed by atoms with Crippen LogP contribution in [0.3, 0.4) is 0 Å². The summed E-state index contributed by atoms with van der Waals surface area (Å²) < 4.78 is 25.7. The molecule has 3 rings (SSSR count). The average Bonchev–Trinajstić information content (AvgIpc) is 3.02. The molecule has 124 valence electrons. The van der Waals surface area contributed by atoms with Gasteiger partial charge in [-0.3, -0.25) is 0 Å². The van der Waals surface area contributed by atoms with Crippen molar-refractivity contribution in [1.29, 1.82) is 0 Å². The molecule has 0 amide bonds. The Morgan fingerprint density at radius 1 is 1.12 bits per heavy atom. The van der Waals surface area contributed by atoms with E-state index in [4.69, 9.17) is 0 Å². The van der Waals surface area contributed by atoms with Crippen LogP contribution in [0.15, 0.2) is 58.5 Å². The number of aromatic nitrogens is 2. The van der Waals surface area contributed by atoms with Crippen LogP contribution in [0.25, 0.3) is 11.0 Å². The van der Waals surface area contributed by atoms with E-state index in [0.29, 0.717) is 11.7 Å². The molecule has 0 radical (unpaired) electrons. The van der Waals surface area contributed by atoms with E-state index in [1.807, 2.05) is 31.2 Å². The van der Waals surface area contributed by atoms with Gasteiger partial charge in [0.05, 0.1) is 21.6 Å². The zero-order valence-corrected chi connectivity index (χ0v) is 14.1. The molecule has 0 saturated heterocycles. The summed E-state index contributed by atoms with van der Waals surface area (Å²) in [7, 11) is -2.05. The fraction of sp³-hybridized carbons (Fsp3) is 0.125. The van der Waals surface area contributed by atoms with E-state index in [1.165, 1.54) is 7.05 Å². The molecule has 0 atom stereocenters. The summed E-state index contributed by atoms with van der Waals surface area (Å²) in [6, 6.07) is 14.2. The second kappa shape index (κ2) is 6.42. The number of rotatable bonds is 5. The fourth-order valence-electron chi connectivity index (χ4n) is 2.20. The molecular formula is C16H17N5O2S. The summed E-state index contributed by atoms with van der Waals surface area (Å²) >= 11 is 0. The molecule has 7 nitrogen and oxygen atoms in total. The number of benzene rings is 2. The predicted molar refractivity (Wildman–Crippen MR) is 94.6 cm³/mol. The minimum absolute atomic E-state index is 0.215. The van der Waals surface area contributed by atoms with Gasteiger partial charge >= 0.3 is 0 Å². The van der Waals surface area contributed by atoms with Crippen molar-refractivity contribution in [3.05, 3.63) is 54.1 Å². The fourth-order valence-corrected chi connectivity index (χ4v) is 2.93. The number of fused-ring (bicyclic) bond motifs is 1. The summed E-state index contributed by atoms with van der Waals surface area (Å²) in [6.07, 6.45) is 0. The van der Waals surface area contributed by atoms with Crippen molar-refractivity contribution in [2.24, 2.45) is 5.10 Å². The van der Waals surface area contributed by atoms with Gasteiger partial charge in [0.15, 0.2) is 0 Å². The molecule has 0 bridgehead atoms. The van der Waals surface area contributed by atoms with E-state index in [1.54, 1.807) is 24.3 Å². The Kier molecular flexibility index (Phi) is 4.32. The zero-order valence-electron chi connectivity index (χ0n) is 13.2. The van der Waals surface area contributed by atoms with Crippen LogP contribution in [0.2, 0.25) is 0 Å². The highest BCUT2D eigenvalue weighted by Crippen LogP contribution is 2.14. The molecule has 1 aromatic heterocycles. The number of aromatic amines is 1. The van der Waals surface area contributed by atoms with Crippen LogP contribution in [-0.4, -0.2) is 31.1 Å². The lowest BCUT2D eigenvalue weighted by molar-refractivity contribution is 0.588. The summed E-state index contributed by atoms with van der Waals surface area (Å²) in [5, 5.41) is 4.28.